The van der Waals surface area contributed by atoms with E-state index in [-0.39, 0.29) is 5.91 Å². The summed E-state index contributed by atoms with van der Waals surface area (Å²) in [5.74, 6) is 0.0692. The first kappa shape index (κ1) is 14.3. The molecule has 1 aromatic rings. The lowest BCUT2D eigenvalue weighted by Crippen LogP contribution is -2.37. The Morgan fingerprint density at radius 3 is 2.81 bits per heavy atom. The Morgan fingerprint density at radius 2 is 2.14 bits per heavy atom. The highest BCUT2D eigenvalue weighted by atomic mass is 16.2. The van der Waals surface area contributed by atoms with Crippen molar-refractivity contribution >= 4 is 11.6 Å². The fourth-order valence-electron chi connectivity index (χ4n) is 3.32. The summed E-state index contributed by atoms with van der Waals surface area (Å²) in [7, 11) is 0. The fourth-order valence-corrected chi connectivity index (χ4v) is 3.32. The van der Waals surface area contributed by atoms with Crippen LogP contribution in [0.15, 0.2) is 18.3 Å². The van der Waals surface area contributed by atoms with Gasteiger partial charge < -0.3 is 10.2 Å². The Bertz CT molecular complexity index is 482. The zero-order valence-corrected chi connectivity index (χ0v) is 12.7. The second kappa shape index (κ2) is 6.43. The molecule has 1 amide bonds. The summed E-state index contributed by atoms with van der Waals surface area (Å²) >= 11 is 0. The van der Waals surface area contributed by atoms with E-state index >= 15 is 0 Å². The zero-order valence-electron chi connectivity index (χ0n) is 12.7. The van der Waals surface area contributed by atoms with E-state index in [4.69, 9.17) is 0 Å². The molecule has 5 nitrogen and oxygen atoms in total. The summed E-state index contributed by atoms with van der Waals surface area (Å²) in [5.41, 5.74) is 1.52. The van der Waals surface area contributed by atoms with Gasteiger partial charge in [-0.2, -0.15) is 0 Å². The van der Waals surface area contributed by atoms with E-state index in [0.717, 1.165) is 31.7 Å². The van der Waals surface area contributed by atoms with Crippen LogP contribution in [0.4, 0.5) is 5.69 Å². The van der Waals surface area contributed by atoms with Crippen LogP contribution in [0.1, 0.15) is 36.7 Å². The van der Waals surface area contributed by atoms with Crippen LogP contribution in [-0.2, 0) is 0 Å². The number of carbonyl (C=O) groups is 1. The van der Waals surface area contributed by atoms with Crippen molar-refractivity contribution in [2.24, 2.45) is 0 Å². The monoisotopic (exact) mass is 288 g/mol. The number of anilines is 1. The molecule has 1 atom stereocenters. The van der Waals surface area contributed by atoms with Crippen LogP contribution in [0.5, 0.6) is 0 Å². The Hall–Kier alpha value is -1.62. The highest BCUT2D eigenvalue weighted by Crippen LogP contribution is 2.21. The molecular formula is C16H24N4O. The van der Waals surface area contributed by atoms with Crippen molar-refractivity contribution in [2.45, 2.75) is 32.2 Å². The normalized spacial score (nSPS) is 22.7. The maximum absolute atomic E-state index is 12.5. The van der Waals surface area contributed by atoms with Crippen LogP contribution < -0.4 is 5.32 Å². The van der Waals surface area contributed by atoms with E-state index in [1.807, 2.05) is 24.0 Å². The summed E-state index contributed by atoms with van der Waals surface area (Å²) in [6.07, 6.45) is 5.45. The third kappa shape index (κ3) is 3.18. The maximum atomic E-state index is 12.5. The highest BCUT2D eigenvalue weighted by molar-refractivity contribution is 5.92. The molecule has 3 heterocycles. The molecule has 114 valence electrons. The molecule has 0 saturated carbocycles. The smallest absolute Gasteiger partial charge is 0.272 e. The molecule has 2 aliphatic heterocycles. The molecule has 1 aromatic heterocycles. The number of hydrogen-bond acceptors (Lipinski definition) is 4. The molecule has 5 heteroatoms. The van der Waals surface area contributed by atoms with Crippen LogP contribution in [0.25, 0.3) is 0 Å². The highest BCUT2D eigenvalue weighted by Gasteiger charge is 2.32. The lowest BCUT2D eigenvalue weighted by atomic mass is 10.2. The number of nitrogens with zero attached hydrogens (tertiary/aromatic N) is 3. The second-order valence-corrected chi connectivity index (χ2v) is 5.90. The molecule has 1 N–H and O–H groups in total. The number of carbonyl (C=O) groups excluding carboxylic acids is 1. The first-order valence-corrected chi connectivity index (χ1v) is 8.01. The summed E-state index contributed by atoms with van der Waals surface area (Å²) in [4.78, 5) is 21.3. The first-order chi connectivity index (χ1) is 10.3. The van der Waals surface area contributed by atoms with Crippen LogP contribution in [0.3, 0.4) is 0 Å². The van der Waals surface area contributed by atoms with Crippen molar-refractivity contribution in [1.82, 2.24) is 14.8 Å². The van der Waals surface area contributed by atoms with Crippen molar-refractivity contribution in [2.75, 3.05) is 38.0 Å². The third-order valence-electron chi connectivity index (χ3n) is 4.47. The number of rotatable bonds is 4. The molecule has 3 rings (SSSR count). The summed E-state index contributed by atoms with van der Waals surface area (Å²) < 4.78 is 0. The standard InChI is InChI=1S/C16H24N4O/c1-2-17-13-5-6-15(18-11-13)16(21)20-10-7-14(12-20)19-8-3-4-9-19/h5-6,11,14,17H,2-4,7-10,12H2,1H3. The predicted molar refractivity (Wildman–Crippen MR) is 83.5 cm³/mol. The molecule has 0 bridgehead atoms. The molecule has 1 unspecified atom stereocenters. The van der Waals surface area contributed by atoms with E-state index in [9.17, 15) is 4.79 Å². The molecule has 0 radical (unpaired) electrons. The number of nitrogens with one attached hydrogen (secondary N) is 1. The minimum Gasteiger partial charge on any atom is -0.384 e. The van der Waals surface area contributed by atoms with Crippen LogP contribution >= 0.6 is 0 Å². The fraction of sp³-hybridized carbons (Fsp3) is 0.625. The van der Waals surface area contributed by atoms with Crippen molar-refractivity contribution in [3.63, 3.8) is 0 Å². The van der Waals surface area contributed by atoms with Gasteiger partial charge in [-0.05, 0) is 51.4 Å². The largest absolute Gasteiger partial charge is 0.384 e. The molecule has 2 fully saturated rings. The molecule has 0 aliphatic carbocycles. The van der Waals surface area contributed by atoms with Gasteiger partial charge in [-0.15, -0.1) is 0 Å². The van der Waals surface area contributed by atoms with Gasteiger partial charge >= 0.3 is 0 Å². The van der Waals surface area contributed by atoms with Crippen molar-refractivity contribution < 1.29 is 4.79 Å². The van der Waals surface area contributed by atoms with E-state index in [1.165, 1.54) is 25.9 Å². The number of likely N-dealkylation sites (tertiary alicyclic amines) is 2. The summed E-state index contributed by atoms with van der Waals surface area (Å²) in [6, 6.07) is 4.30. The second-order valence-electron chi connectivity index (χ2n) is 5.90. The molecule has 2 saturated heterocycles. The minimum absolute atomic E-state index is 0.0692. The van der Waals surface area contributed by atoms with Crippen LogP contribution in [0, 0.1) is 0 Å². The van der Waals surface area contributed by atoms with Gasteiger partial charge in [0.2, 0.25) is 0 Å². The SMILES string of the molecule is CCNc1ccc(C(=O)N2CCC(N3CCCC3)C2)nc1. The van der Waals surface area contributed by atoms with Gasteiger partial charge in [0.05, 0.1) is 11.9 Å². The Kier molecular flexibility index (Phi) is 4.39. The number of amides is 1. The van der Waals surface area contributed by atoms with E-state index in [0.29, 0.717) is 11.7 Å². The summed E-state index contributed by atoms with van der Waals surface area (Å²) in [6.45, 7) is 7.01. The molecule has 2 aliphatic rings. The first-order valence-electron chi connectivity index (χ1n) is 8.01. The quantitative estimate of drug-likeness (QED) is 0.918. The number of pyridine rings is 1. The Morgan fingerprint density at radius 1 is 1.33 bits per heavy atom. The molecule has 0 spiro atoms. The van der Waals surface area contributed by atoms with Gasteiger partial charge in [0.25, 0.3) is 5.91 Å². The van der Waals surface area contributed by atoms with Gasteiger partial charge in [0, 0.05) is 25.7 Å². The van der Waals surface area contributed by atoms with E-state index < -0.39 is 0 Å². The maximum Gasteiger partial charge on any atom is 0.272 e. The van der Waals surface area contributed by atoms with Gasteiger partial charge in [0.15, 0.2) is 0 Å². The minimum atomic E-state index is 0.0692. The van der Waals surface area contributed by atoms with Gasteiger partial charge in [0.1, 0.15) is 5.69 Å². The van der Waals surface area contributed by atoms with Crippen LogP contribution in [0.2, 0.25) is 0 Å². The van der Waals surface area contributed by atoms with Crippen molar-refractivity contribution in [3.05, 3.63) is 24.0 Å². The van der Waals surface area contributed by atoms with Gasteiger partial charge in [-0.25, -0.2) is 4.98 Å². The average Bonchev–Trinajstić information content (AvgIpc) is 3.19. The topological polar surface area (TPSA) is 48.5 Å². The summed E-state index contributed by atoms with van der Waals surface area (Å²) in [5, 5.41) is 3.19. The third-order valence-corrected chi connectivity index (χ3v) is 4.47. The van der Waals surface area contributed by atoms with Crippen molar-refractivity contribution in [3.8, 4) is 0 Å². The Balaban J connectivity index is 1.60. The van der Waals surface area contributed by atoms with E-state index in [2.05, 4.69) is 15.2 Å². The lowest BCUT2D eigenvalue weighted by Gasteiger charge is -2.23. The average molecular weight is 288 g/mol. The molecule has 21 heavy (non-hydrogen) atoms. The van der Waals surface area contributed by atoms with Gasteiger partial charge in [-0.1, -0.05) is 0 Å². The van der Waals surface area contributed by atoms with Crippen LogP contribution in [-0.4, -0.2) is 59.5 Å². The van der Waals surface area contributed by atoms with Gasteiger partial charge in [-0.3, -0.25) is 9.69 Å². The molecule has 0 aromatic carbocycles. The predicted octanol–water partition coefficient (Wildman–Crippen LogP) is 1.82. The van der Waals surface area contributed by atoms with Crippen molar-refractivity contribution in [1.29, 1.82) is 0 Å². The number of hydrogen-bond donors (Lipinski definition) is 1. The Labute approximate surface area is 126 Å². The van der Waals surface area contributed by atoms with E-state index in [1.54, 1.807) is 6.20 Å². The lowest BCUT2D eigenvalue weighted by molar-refractivity contribution is 0.0774. The number of aromatic nitrogens is 1. The molecular weight excluding hydrogens is 264 g/mol. The zero-order chi connectivity index (χ0) is 14.7.